The Balaban J connectivity index is 2.41. The number of carbonyl (C=O) groups excluding carboxylic acids is 1. The van der Waals surface area contributed by atoms with Crippen molar-refractivity contribution in [3.63, 3.8) is 0 Å². The van der Waals surface area contributed by atoms with Gasteiger partial charge in [-0.3, -0.25) is 4.79 Å². The van der Waals surface area contributed by atoms with Crippen molar-refractivity contribution in [2.75, 3.05) is 12.9 Å². The first-order chi connectivity index (χ1) is 8.81. The minimum atomic E-state index is -0.416. The number of thioether (sulfide) groups is 1. The standard InChI is InChI=1S/C14H19BrO3S/c1-14(2,3)18-13(16)9-19-8-10-5-6-12(17-4)11(15)7-10/h5-7H,8-9H2,1-4H3. The maximum atomic E-state index is 11.5. The molecule has 5 heteroatoms. The van der Waals surface area contributed by atoms with Gasteiger partial charge in [-0.15, -0.1) is 11.8 Å². The Labute approximate surface area is 127 Å². The van der Waals surface area contributed by atoms with Gasteiger partial charge < -0.3 is 9.47 Å². The Kier molecular flexibility index (Phi) is 6.20. The Morgan fingerprint density at radius 3 is 2.58 bits per heavy atom. The number of hydrogen-bond donors (Lipinski definition) is 0. The summed E-state index contributed by atoms with van der Waals surface area (Å²) >= 11 is 4.98. The van der Waals surface area contributed by atoms with E-state index in [1.54, 1.807) is 18.9 Å². The smallest absolute Gasteiger partial charge is 0.316 e. The van der Waals surface area contributed by atoms with Crippen LogP contribution in [0.4, 0.5) is 0 Å². The Morgan fingerprint density at radius 1 is 1.37 bits per heavy atom. The summed E-state index contributed by atoms with van der Waals surface area (Å²) < 4.78 is 11.3. The quantitative estimate of drug-likeness (QED) is 0.754. The van der Waals surface area contributed by atoms with Gasteiger partial charge in [0.15, 0.2) is 0 Å². The topological polar surface area (TPSA) is 35.5 Å². The van der Waals surface area contributed by atoms with Crippen molar-refractivity contribution >= 4 is 33.7 Å². The van der Waals surface area contributed by atoms with E-state index in [2.05, 4.69) is 15.9 Å². The molecule has 0 aromatic heterocycles. The number of hydrogen-bond acceptors (Lipinski definition) is 4. The molecular formula is C14H19BrO3S. The molecule has 3 nitrogen and oxygen atoms in total. The summed E-state index contributed by atoms with van der Waals surface area (Å²) in [5.41, 5.74) is 0.724. The van der Waals surface area contributed by atoms with Gasteiger partial charge in [0.25, 0.3) is 0 Å². The van der Waals surface area contributed by atoms with Gasteiger partial charge in [0.2, 0.25) is 0 Å². The van der Waals surface area contributed by atoms with Gasteiger partial charge in [-0.25, -0.2) is 0 Å². The molecule has 1 aromatic carbocycles. The second kappa shape index (κ2) is 7.20. The van der Waals surface area contributed by atoms with Crippen molar-refractivity contribution in [2.45, 2.75) is 32.1 Å². The van der Waals surface area contributed by atoms with Crippen molar-refractivity contribution in [3.8, 4) is 5.75 Å². The molecule has 0 aliphatic heterocycles. The molecule has 0 bridgehead atoms. The van der Waals surface area contributed by atoms with Gasteiger partial charge in [-0.1, -0.05) is 6.07 Å². The lowest BCUT2D eigenvalue weighted by molar-refractivity contribution is -0.151. The number of esters is 1. The second-order valence-corrected chi connectivity index (χ2v) is 6.89. The molecular weight excluding hydrogens is 328 g/mol. The predicted octanol–water partition coefficient (Wildman–Crippen LogP) is 4.03. The number of rotatable bonds is 5. The maximum absolute atomic E-state index is 11.5. The minimum Gasteiger partial charge on any atom is -0.496 e. The summed E-state index contributed by atoms with van der Waals surface area (Å²) in [5.74, 6) is 1.76. The molecule has 0 amide bonds. The SMILES string of the molecule is COc1ccc(CSCC(=O)OC(C)(C)C)cc1Br. The van der Waals surface area contributed by atoms with Crippen LogP contribution in [0.1, 0.15) is 26.3 Å². The van der Waals surface area contributed by atoms with Crippen LogP contribution in [-0.4, -0.2) is 24.4 Å². The molecule has 0 saturated heterocycles. The average Bonchev–Trinajstić information content (AvgIpc) is 2.26. The molecule has 0 atom stereocenters. The summed E-state index contributed by atoms with van der Waals surface area (Å²) in [6.07, 6.45) is 0. The van der Waals surface area contributed by atoms with Crippen molar-refractivity contribution in [2.24, 2.45) is 0 Å². The summed E-state index contributed by atoms with van der Waals surface area (Å²) in [6.45, 7) is 5.61. The second-order valence-electron chi connectivity index (χ2n) is 5.05. The highest BCUT2D eigenvalue weighted by Crippen LogP contribution is 2.27. The number of ether oxygens (including phenoxy) is 2. The summed E-state index contributed by atoms with van der Waals surface area (Å²) in [7, 11) is 1.64. The van der Waals surface area contributed by atoms with Crippen LogP contribution < -0.4 is 4.74 Å². The van der Waals surface area contributed by atoms with E-state index in [0.717, 1.165) is 21.5 Å². The van der Waals surface area contributed by atoms with Crippen LogP contribution in [0, 0.1) is 0 Å². The van der Waals surface area contributed by atoms with Crippen LogP contribution in [0.25, 0.3) is 0 Å². The summed E-state index contributed by atoms with van der Waals surface area (Å²) in [6, 6.07) is 5.90. The lowest BCUT2D eigenvalue weighted by atomic mass is 10.2. The van der Waals surface area contributed by atoms with Gasteiger partial charge in [0, 0.05) is 5.75 Å². The highest BCUT2D eigenvalue weighted by Gasteiger charge is 2.15. The largest absolute Gasteiger partial charge is 0.496 e. The first-order valence-corrected chi connectivity index (χ1v) is 7.88. The van der Waals surface area contributed by atoms with Crippen LogP contribution in [0.3, 0.4) is 0 Å². The molecule has 106 valence electrons. The fourth-order valence-electron chi connectivity index (χ4n) is 1.42. The molecule has 0 N–H and O–H groups in total. The molecule has 0 saturated carbocycles. The van der Waals surface area contributed by atoms with E-state index in [9.17, 15) is 4.79 Å². The van der Waals surface area contributed by atoms with Gasteiger partial charge in [0.05, 0.1) is 17.3 Å². The fourth-order valence-corrected chi connectivity index (χ4v) is 2.75. The number of carbonyl (C=O) groups is 1. The lowest BCUT2D eigenvalue weighted by Crippen LogP contribution is -2.24. The average molecular weight is 347 g/mol. The number of halogens is 1. The number of benzene rings is 1. The molecule has 0 aliphatic rings. The highest BCUT2D eigenvalue weighted by atomic mass is 79.9. The van der Waals surface area contributed by atoms with Crippen LogP contribution >= 0.6 is 27.7 Å². The fraction of sp³-hybridized carbons (Fsp3) is 0.500. The molecule has 1 aromatic rings. The Morgan fingerprint density at radius 2 is 2.05 bits per heavy atom. The van der Waals surface area contributed by atoms with E-state index in [-0.39, 0.29) is 5.97 Å². The van der Waals surface area contributed by atoms with E-state index in [4.69, 9.17) is 9.47 Å². The molecule has 1 rings (SSSR count). The minimum absolute atomic E-state index is 0.176. The third kappa shape index (κ3) is 6.34. The molecule has 19 heavy (non-hydrogen) atoms. The van der Waals surface area contributed by atoms with Gasteiger partial charge >= 0.3 is 5.97 Å². The van der Waals surface area contributed by atoms with Crippen molar-refractivity contribution in [3.05, 3.63) is 28.2 Å². The maximum Gasteiger partial charge on any atom is 0.316 e. The third-order valence-corrected chi connectivity index (χ3v) is 3.72. The summed E-state index contributed by atoms with van der Waals surface area (Å²) in [5, 5.41) is 0. The molecule has 0 fully saturated rings. The van der Waals surface area contributed by atoms with Gasteiger partial charge in [-0.2, -0.15) is 0 Å². The Bertz CT molecular complexity index is 441. The van der Waals surface area contributed by atoms with Gasteiger partial charge in [0.1, 0.15) is 11.4 Å². The molecule has 0 heterocycles. The zero-order chi connectivity index (χ0) is 14.5. The van der Waals surface area contributed by atoms with E-state index in [0.29, 0.717) is 5.75 Å². The molecule has 0 spiro atoms. The van der Waals surface area contributed by atoms with E-state index in [1.807, 2.05) is 39.0 Å². The zero-order valence-corrected chi connectivity index (χ0v) is 14.1. The van der Waals surface area contributed by atoms with Crippen LogP contribution in [0.5, 0.6) is 5.75 Å². The van der Waals surface area contributed by atoms with E-state index in [1.165, 1.54) is 0 Å². The molecule has 0 radical (unpaired) electrons. The number of methoxy groups -OCH3 is 1. The van der Waals surface area contributed by atoms with Crippen molar-refractivity contribution in [1.29, 1.82) is 0 Å². The highest BCUT2D eigenvalue weighted by molar-refractivity contribution is 9.10. The van der Waals surface area contributed by atoms with E-state index >= 15 is 0 Å². The van der Waals surface area contributed by atoms with Crippen molar-refractivity contribution in [1.82, 2.24) is 0 Å². The van der Waals surface area contributed by atoms with Crippen LogP contribution in [0.2, 0.25) is 0 Å². The predicted molar refractivity (Wildman–Crippen MR) is 82.7 cm³/mol. The normalized spacial score (nSPS) is 11.2. The molecule has 0 aliphatic carbocycles. The van der Waals surface area contributed by atoms with Gasteiger partial charge in [-0.05, 0) is 54.4 Å². The van der Waals surface area contributed by atoms with Crippen LogP contribution in [-0.2, 0) is 15.3 Å². The monoisotopic (exact) mass is 346 g/mol. The van der Waals surface area contributed by atoms with Crippen molar-refractivity contribution < 1.29 is 14.3 Å². The van der Waals surface area contributed by atoms with Crippen LogP contribution in [0.15, 0.2) is 22.7 Å². The lowest BCUT2D eigenvalue weighted by Gasteiger charge is -2.19. The van der Waals surface area contributed by atoms with E-state index < -0.39 is 5.60 Å². The summed E-state index contributed by atoms with van der Waals surface area (Å²) in [4.78, 5) is 11.5. The third-order valence-electron chi connectivity index (χ3n) is 2.12. The Hall–Kier alpha value is -0.680. The first kappa shape index (κ1) is 16.4. The molecule has 0 unspecified atom stereocenters. The zero-order valence-electron chi connectivity index (χ0n) is 11.7. The first-order valence-electron chi connectivity index (χ1n) is 5.94.